The molecule has 1 aliphatic carbocycles. The second-order valence-electron chi connectivity index (χ2n) is 8.61. The van der Waals surface area contributed by atoms with Gasteiger partial charge in [0, 0.05) is 30.1 Å². The number of ether oxygens (including phenoxy) is 2. The summed E-state index contributed by atoms with van der Waals surface area (Å²) in [5.74, 6) is 0.907. The molecule has 1 unspecified atom stereocenters. The van der Waals surface area contributed by atoms with Gasteiger partial charge in [0.2, 0.25) is 5.91 Å². The minimum Gasteiger partial charge on any atom is -0.490 e. The first kappa shape index (κ1) is 20.9. The third-order valence-electron chi connectivity index (χ3n) is 6.13. The van der Waals surface area contributed by atoms with Crippen molar-refractivity contribution in [1.82, 2.24) is 9.88 Å². The zero-order valence-electron chi connectivity index (χ0n) is 17.9. The first-order valence-electron chi connectivity index (χ1n) is 10.5. The van der Waals surface area contributed by atoms with Crippen molar-refractivity contribution in [3.8, 4) is 17.6 Å². The zero-order valence-corrected chi connectivity index (χ0v) is 17.9. The number of hydrogen-bond acceptors (Lipinski definition) is 6. The van der Waals surface area contributed by atoms with Crippen molar-refractivity contribution < 1.29 is 19.1 Å². The molecule has 162 valence electrons. The van der Waals surface area contributed by atoms with Crippen LogP contribution in [0.2, 0.25) is 0 Å². The summed E-state index contributed by atoms with van der Waals surface area (Å²) >= 11 is 0. The Balaban J connectivity index is 1.62. The largest absolute Gasteiger partial charge is 0.490 e. The van der Waals surface area contributed by atoms with Gasteiger partial charge in [0.05, 0.1) is 23.3 Å². The van der Waals surface area contributed by atoms with Gasteiger partial charge in [0.15, 0.2) is 0 Å². The minimum absolute atomic E-state index is 0.0398. The molecule has 31 heavy (non-hydrogen) atoms. The summed E-state index contributed by atoms with van der Waals surface area (Å²) < 4.78 is 12.2. The molecule has 8 heteroatoms. The first-order valence-corrected chi connectivity index (χ1v) is 10.5. The third kappa shape index (κ3) is 3.76. The maximum Gasteiger partial charge on any atom is 0.252 e. The van der Waals surface area contributed by atoms with Crippen molar-refractivity contribution in [3.05, 3.63) is 30.0 Å². The Labute approximate surface area is 180 Å². The number of aromatic nitrogens is 1. The summed E-state index contributed by atoms with van der Waals surface area (Å²) in [6.07, 6.45) is 2.22. The number of rotatable bonds is 6. The van der Waals surface area contributed by atoms with Crippen molar-refractivity contribution >= 4 is 22.7 Å². The van der Waals surface area contributed by atoms with Crippen molar-refractivity contribution in [2.75, 3.05) is 6.54 Å². The number of carbonyl (C=O) groups excluding carboxylic acids is 2. The minimum atomic E-state index is -0.574. The van der Waals surface area contributed by atoms with Crippen LogP contribution in [0.5, 0.6) is 11.5 Å². The lowest BCUT2D eigenvalue weighted by Crippen LogP contribution is -2.60. The molecule has 2 heterocycles. The molecule has 2 amide bonds. The number of hydrogen-bond donors (Lipinski definition) is 1. The maximum atomic E-state index is 12.2. The molecule has 2 N–H and O–H groups in total. The van der Waals surface area contributed by atoms with E-state index in [4.69, 9.17) is 20.5 Å². The van der Waals surface area contributed by atoms with Gasteiger partial charge in [-0.05, 0) is 44.4 Å². The monoisotopic (exact) mass is 422 g/mol. The molecule has 1 aliphatic heterocycles. The van der Waals surface area contributed by atoms with Gasteiger partial charge >= 0.3 is 0 Å². The van der Waals surface area contributed by atoms with Crippen molar-refractivity contribution in [2.24, 2.45) is 17.6 Å². The molecule has 1 saturated carbocycles. The summed E-state index contributed by atoms with van der Waals surface area (Å²) in [6.45, 7) is 6.49. The van der Waals surface area contributed by atoms with Crippen LogP contribution < -0.4 is 15.2 Å². The van der Waals surface area contributed by atoms with Crippen LogP contribution >= 0.6 is 0 Å². The number of pyridine rings is 1. The Morgan fingerprint density at radius 1 is 1.35 bits per heavy atom. The lowest BCUT2D eigenvalue weighted by Gasteiger charge is -2.47. The molecule has 2 aliphatic rings. The molecule has 1 aromatic heterocycles. The highest BCUT2D eigenvalue weighted by atomic mass is 16.5. The van der Waals surface area contributed by atoms with Crippen molar-refractivity contribution in [2.45, 2.75) is 51.9 Å². The van der Waals surface area contributed by atoms with E-state index in [0.717, 1.165) is 11.8 Å². The number of primary amides is 1. The fourth-order valence-corrected chi connectivity index (χ4v) is 4.83. The highest BCUT2D eigenvalue weighted by molar-refractivity contribution is 6.01. The highest BCUT2D eigenvalue weighted by Gasteiger charge is 2.54. The molecule has 1 aromatic carbocycles. The number of likely N-dealkylation sites (tertiary alicyclic amines) is 1. The fraction of sp³-hybridized carbons (Fsp3) is 0.478. The highest BCUT2D eigenvalue weighted by Crippen LogP contribution is 2.45. The summed E-state index contributed by atoms with van der Waals surface area (Å²) in [4.78, 5) is 30.2. The number of fused-ring (bicyclic) bond motifs is 2. The molecule has 0 spiro atoms. The summed E-state index contributed by atoms with van der Waals surface area (Å²) in [5, 5.41) is 9.57. The van der Waals surface area contributed by atoms with Crippen LogP contribution in [0.15, 0.2) is 24.4 Å². The normalized spacial score (nSPS) is 24.4. The Hall–Kier alpha value is -3.34. The van der Waals surface area contributed by atoms with Gasteiger partial charge in [-0.15, -0.1) is 0 Å². The van der Waals surface area contributed by atoms with E-state index in [1.54, 1.807) is 29.3 Å². The van der Waals surface area contributed by atoms with Gasteiger partial charge in [-0.3, -0.25) is 14.6 Å². The molecule has 0 bridgehead atoms. The quantitative estimate of drug-likeness (QED) is 0.764. The summed E-state index contributed by atoms with van der Waals surface area (Å²) in [5.41, 5.74) is 6.42. The standard InChI is InChI=1S/C23H26N4O4/c1-12(2)30-20-10-14-17(9-15(20)23(25)29)26-7-5-18(14)31-19-8-13(3)22-16(19)11-27(22)21(28)4-6-24/h5,7,9-10,12-13,16,19,22H,4,8,11H2,1-3H3,(H2,25,29)/t13-,16?,19-,22+/m0/s1. The van der Waals surface area contributed by atoms with E-state index >= 15 is 0 Å². The van der Waals surface area contributed by atoms with Gasteiger partial charge in [0.1, 0.15) is 24.0 Å². The average molecular weight is 422 g/mol. The maximum absolute atomic E-state index is 12.2. The summed E-state index contributed by atoms with van der Waals surface area (Å²) in [6, 6.07) is 7.25. The lowest BCUT2D eigenvalue weighted by molar-refractivity contribution is -0.144. The Morgan fingerprint density at radius 2 is 2.13 bits per heavy atom. The van der Waals surface area contributed by atoms with Crippen LogP contribution in [-0.4, -0.2) is 46.5 Å². The summed E-state index contributed by atoms with van der Waals surface area (Å²) in [7, 11) is 0. The Bertz CT molecular complexity index is 1080. The zero-order chi connectivity index (χ0) is 22.3. The predicted octanol–water partition coefficient (Wildman–Crippen LogP) is 2.65. The lowest BCUT2D eigenvalue weighted by atomic mass is 9.86. The average Bonchev–Trinajstić information content (AvgIpc) is 2.89. The molecule has 0 radical (unpaired) electrons. The predicted molar refractivity (Wildman–Crippen MR) is 113 cm³/mol. The topological polar surface area (TPSA) is 119 Å². The number of carbonyl (C=O) groups is 2. The van der Waals surface area contributed by atoms with Gasteiger partial charge in [0.25, 0.3) is 5.91 Å². The van der Waals surface area contributed by atoms with Gasteiger partial charge in [-0.2, -0.15) is 5.26 Å². The number of benzene rings is 1. The molecular weight excluding hydrogens is 396 g/mol. The number of nitriles is 1. The number of nitrogens with zero attached hydrogens (tertiary/aromatic N) is 3. The third-order valence-corrected chi connectivity index (χ3v) is 6.13. The van der Waals surface area contributed by atoms with E-state index in [9.17, 15) is 9.59 Å². The molecule has 2 fully saturated rings. The Morgan fingerprint density at radius 3 is 2.81 bits per heavy atom. The number of amides is 2. The van der Waals surface area contributed by atoms with E-state index in [-0.39, 0.29) is 42.1 Å². The van der Waals surface area contributed by atoms with E-state index in [0.29, 0.717) is 29.5 Å². The van der Waals surface area contributed by atoms with Crippen molar-refractivity contribution in [3.63, 3.8) is 0 Å². The van der Waals surface area contributed by atoms with Crippen LogP contribution in [0, 0.1) is 23.2 Å². The fourth-order valence-electron chi connectivity index (χ4n) is 4.83. The van der Waals surface area contributed by atoms with E-state index in [2.05, 4.69) is 11.9 Å². The number of nitrogens with two attached hydrogens (primary N) is 1. The van der Waals surface area contributed by atoms with Crippen LogP contribution in [0.4, 0.5) is 0 Å². The van der Waals surface area contributed by atoms with Gasteiger partial charge in [-0.1, -0.05) is 6.92 Å². The van der Waals surface area contributed by atoms with E-state index in [1.807, 2.05) is 19.9 Å². The molecule has 2 aromatic rings. The molecule has 4 rings (SSSR count). The molecular formula is C23H26N4O4. The van der Waals surface area contributed by atoms with Crippen LogP contribution in [0.1, 0.15) is 44.0 Å². The van der Waals surface area contributed by atoms with Gasteiger partial charge in [-0.25, -0.2) is 0 Å². The molecule has 4 atom stereocenters. The second kappa shape index (κ2) is 8.06. The SMILES string of the molecule is CC(C)Oc1cc2c(O[C@H]3C[C@H](C)[C@@H]4C3CN4C(=O)CC#N)ccnc2cc1C(N)=O. The smallest absolute Gasteiger partial charge is 0.252 e. The Kier molecular flexibility index (Phi) is 5.44. The first-order chi connectivity index (χ1) is 14.8. The molecule has 1 saturated heterocycles. The van der Waals surface area contributed by atoms with Crippen LogP contribution in [0.25, 0.3) is 10.9 Å². The van der Waals surface area contributed by atoms with Crippen LogP contribution in [-0.2, 0) is 4.79 Å². The van der Waals surface area contributed by atoms with E-state index in [1.165, 1.54) is 0 Å². The van der Waals surface area contributed by atoms with Crippen molar-refractivity contribution in [1.29, 1.82) is 5.26 Å². The molecule has 8 nitrogen and oxygen atoms in total. The van der Waals surface area contributed by atoms with E-state index < -0.39 is 5.91 Å². The van der Waals surface area contributed by atoms with Crippen LogP contribution in [0.3, 0.4) is 0 Å². The second-order valence-corrected chi connectivity index (χ2v) is 8.61. The van der Waals surface area contributed by atoms with Gasteiger partial charge < -0.3 is 20.1 Å².